The number of hydrogen-bond donors (Lipinski definition) is 1. The first-order chi connectivity index (χ1) is 6.56. The minimum atomic E-state index is 0.492. The quantitative estimate of drug-likeness (QED) is 0.792. The Balaban J connectivity index is 2.81. The zero-order valence-electron chi connectivity index (χ0n) is 8.69. The van der Waals surface area contributed by atoms with Gasteiger partial charge in [0.05, 0.1) is 5.03 Å². The smallest absolute Gasteiger partial charge is 0.0551 e. The van der Waals surface area contributed by atoms with Crippen molar-refractivity contribution in [2.75, 3.05) is 6.54 Å². The van der Waals surface area contributed by atoms with Crippen molar-refractivity contribution in [2.45, 2.75) is 26.7 Å². The Labute approximate surface area is 96.0 Å². The summed E-state index contributed by atoms with van der Waals surface area (Å²) in [5.41, 5.74) is 6.92. The molecule has 1 aliphatic rings. The molecule has 0 heterocycles. The van der Waals surface area contributed by atoms with Crippen LogP contribution in [0.15, 0.2) is 21.7 Å². The van der Waals surface area contributed by atoms with Crippen molar-refractivity contribution in [1.29, 1.82) is 0 Å². The highest BCUT2D eigenvalue weighted by Gasteiger charge is 2.21. The van der Waals surface area contributed by atoms with Crippen LogP contribution in [-0.2, 0) is 0 Å². The maximum atomic E-state index is 6.01. The largest absolute Gasteiger partial charge is 0.330 e. The van der Waals surface area contributed by atoms with Gasteiger partial charge < -0.3 is 5.73 Å². The molecule has 0 radical (unpaired) electrons. The van der Waals surface area contributed by atoms with Crippen LogP contribution >= 0.6 is 23.2 Å². The molecule has 80 valence electrons. The lowest BCUT2D eigenvalue weighted by Gasteiger charge is -2.25. The van der Waals surface area contributed by atoms with Crippen LogP contribution in [0.4, 0.5) is 0 Å². The zero-order valence-corrected chi connectivity index (χ0v) is 10.2. The van der Waals surface area contributed by atoms with Crippen molar-refractivity contribution in [3.8, 4) is 0 Å². The Morgan fingerprint density at radius 1 is 1.57 bits per heavy atom. The molecule has 0 aromatic carbocycles. The molecule has 0 fully saturated rings. The molecule has 2 N–H and O–H groups in total. The van der Waals surface area contributed by atoms with Crippen molar-refractivity contribution in [1.82, 2.24) is 0 Å². The lowest BCUT2D eigenvalue weighted by molar-refractivity contribution is 0.524. The molecule has 14 heavy (non-hydrogen) atoms. The second-order valence-corrected chi connectivity index (χ2v) is 4.84. The van der Waals surface area contributed by atoms with Crippen LogP contribution in [0, 0.1) is 11.8 Å². The first-order valence-electron chi connectivity index (χ1n) is 5.02. The fourth-order valence-corrected chi connectivity index (χ4v) is 2.38. The van der Waals surface area contributed by atoms with E-state index in [9.17, 15) is 0 Å². The van der Waals surface area contributed by atoms with Gasteiger partial charge >= 0.3 is 0 Å². The molecule has 3 heteroatoms. The molecule has 1 rings (SSSR count). The molecular weight excluding hydrogens is 217 g/mol. The van der Waals surface area contributed by atoms with Gasteiger partial charge in [0.25, 0.3) is 0 Å². The highest BCUT2D eigenvalue weighted by molar-refractivity contribution is 6.40. The monoisotopic (exact) mass is 233 g/mol. The van der Waals surface area contributed by atoms with Gasteiger partial charge in [-0.1, -0.05) is 42.6 Å². The standard InChI is InChI=1S/C11H17Cl2N/c1-7(3-4-14)9-6-11(13)10(12)5-8(9)2/h6-8H,3-5,14H2,1-2H3. The van der Waals surface area contributed by atoms with Crippen LogP contribution in [0.5, 0.6) is 0 Å². The minimum Gasteiger partial charge on any atom is -0.330 e. The van der Waals surface area contributed by atoms with Gasteiger partial charge in [-0.3, -0.25) is 0 Å². The SMILES string of the molecule is CC(CCN)C1=CC(Cl)=C(Cl)CC1C. The van der Waals surface area contributed by atoms with Crippen LogP contribution < -0.4 is 5.73 Å². The van der Waals surface area contributed by atoms with Gasteiger partial charge in [0, 0.05) is 5.03 Å². The van der Waals surface area contributed by atoms with E-state index in [1.807, 2.05) is 6.08 Å². The van der Waals surface area contributed by atoms with Crippen LogP contribution in [-0.4, -0.2) is 6.54 Å². The second kappa shape index (κ2) is 5.20. The highest BCUT2D eigenvalue weighted by Crippen LogP contribution is 2.37. The van der Waals surface area contributed by atoms with E-state index in [0.29, 0.717) is 16.9 Å². The number of halogens is 2. The normalized spacial score (nSPS) is 24.9. The Bertz CT molecular complexity index is 268. The molecule has 1 nitrogen and oxygen atoms in total. The van der Waals surface area contributed by atoms with Crippen LogP contribution in [0.2, 0.25) is 0 Å². The summed E-state index contributed by atoms with van der Waals surface area (Å²) in [6.07, 6.45) is 3.89. The second-order valence-electron chi connectivity index (χ2n) is 3.98. The van der Waals surface area contributed by atoms with E-state index in [1.165, 1.54) is 5.57 Å². The fraction of sp³-hybridized carbons (Fsp3) is 0.636. The van der Waals surface area contributed by atoms with Gasteiger partial charge in [-0.25, -0.2) is 0 Å². The minimum absolute atomic E-state index is 0.492. The van der Waals surface area contributed by atoms with E-state index >= 15 is 0 Å². The summed E-state index contributed by atoms with van der Waals surface area (Å²) in [7, 11) is 0. The Kier molecular flexibility index (Phi) is 4.49. The van der Waals surface area contributed by atoms with E-state index in [-0.39, 0.29) is 0 Å². The van der Waals surface area contributed by atoms with E-state index in [4.69, 9.17) is 28.9 Å². The van der Waals surface area contributed by atoms with Crippen molar-refractivity contribution in [3.05, 3.63) is 21.7 Å². The van der Waals surface area contributed by atoms with Crippen LogP contribution in [0.3, 0.4) is 0 Å². The van der Waals surface area contributed by atoms with E-state index < -0.39 is 0 Å². The third kappa shape index (κ3) is 2.75. The summed E-state index contributed by atoms with van der Waals surface area (Å²) in [5.74, 6) is 1.00. The predicted molar refractivity (Wildman–Crippen MR) is 63.4 cm³/mol. The first kappa shape index (κ1) is 12.1. The summed E-state index contributed by atoms with van der Waals surface area (Å²) in [5, 5.41) is 1.48. The summed E-state index contributed by atoms with van der Waals surface area (Å²) < 4.78 is 0. The van der Waals surface area contributed by atoms with Gasteiger partial charge in [0.1, 0.15) is 0 Å². The van der Waals surface area contributed by atoms with Crippen LogP contribution in [0.25, 0.3) is 0 Å². The third-order valence-electron chi connectivity index (χ3n) is 2.78. The Hall–Kier alpha value is 0.0200. The van der Waals surface area contributed by atoms with Crippen molar-refractivity contribution >= 4 is 23.2 Å². The van der Waals surface area contributed by atoms with E-state index in [1.54, 1.807) is 0 Å². The average molecular weight is 234 g/mol. The van der Waals surface area contributed by atoms with Crippen molar-refractivity contribution in [2.24, 2.45) is 17.6 Å². The molecular formula is C11H17Cl2N. The summed E-state index contributed by atoms with van der Waals surface area (Å²) >= 11 is 12.0. The lowest BCUT2D eigenvalue weighted by atomic mass is 9.83. The molecule has 0 spiro atoms. The van der Waals surface area contributed by atoms with E-state index in [2.05, 4.69) is 13.8 Å². The summed E-state index contributed by atoms with van der Waals surface area (Å²) in [4.78, 5) is 0. The molecule has 0 aromatic rings. The van der Waals surface area contributed by atoms with E-state index in [0.717, 1.165) is 24.4 Å². The van der Waals surface area contributed by atoms with Gasteiger partial charge in [-0.05, 0) is 37.3 Å². The molecule has 0 saturated carbocycles. The van der Waals surface area contributed by atoms with Gasteiger partial charge in [0.2, 0.25) is 0 Å². The third-order valence-corrected chi connectivity index (χ3v) is 3.57. The molecule has 0 aromatic heterocycles. The topological polar surface area (TPSA) is 26.0 Å². The summed E-state index contributed by atoms with van der Waals surface area (Å²) in [6.45, 7) is 5.10. The summed E-state index contributed by atoms with van der Waals surface area (Å²) in [6, 6.07) is 0. The van der Waals surface area contributed by atoms with Crippen molar-refractivity contribution in [3.63, 3.8) is 0 Å². The fourth-order valence-electron chi connectivity index (χ4n) is 1.90. The average Bonchev–Trinajstić information content (AvgIpc) is 2.11. The van der Waals surface area contributed by atoms with Crippen LogP contribution in [0.1, 0.15) is 26.7 Å². The predicted octanol–water partition coefficient (Wildman–Crippen LogP) is 3.63. The maximum Gasteiger partial charge on any atom is 0.0551 e. The Morgan fingerprint density at radius 2 is 2.21 bits per heavy atom. The number of hydrogen-bond acceptors (Lipinski definition) is 1. The van der Waals surface area contributed by atoms with Gasteiger partial charge in [-0.15, -0.1) is 0 Å². The molecule has 2 atom stereocenters. The molecule has 1 aliphatic carbocycles. The molecule has 0 bridgehead atoms. The highest BCUT2D eigenvalue weighted by atomic mass is 35.5. The molecule has 0 aliphatic heterocycles. The maximum absolute atomic E-state index is 6.01. The first-order valence-corrected chi connectivity index (χ1v) is 5.77. The lowest BCUT2D eigenvalue weighted by Crippen LogP contribution is -2.15. The van der Waals surface area contributed by atoms with Gasteiger partial charge in [0.15, 0.2) is 0 Å². The Morgan fingerprint density at radius 3 is 2.79 bits per heavy atom. The number of allylic oxidation sites excluding steroid dienone is 4. The zero-order chi connectivity index (χ0) is 10.7. The molecule has 0 amide bonds. The molecule has 2 unspecified atom stereocenters. The molecule has 0 saturated heterocycles. The number of nitrogens with two attached hydrogens (primary N) is 1. The van der Waals surface area contributed by atoms with Crippen molar-refractivity contribution < 1.29 is 0 Å². The van der Waals surface area contributed by atoms with Gasteiger partial charge in [-0.2, -0.15) is 0 Å². The number of rotatable bonds is 3.